The maximum Gasteiger partial charge on any atom is 0.119 e. The first kappa shape index (κ1) is 12.5. The number of aryl methyl sites for hydroxylation is 1. The monoisotopic (exact) mass is 219 g/mol. The Labute approximate surface area is 96.3 Å². The first-order valence-corrected chi connectivity index (χ1v) is 5.28. The van der Waals surface area contributed by atoms with Gasteiger partial charge in [0.05, 0.1) is 23.8 Å². The molecular weight excluding hydrogens is 202 g/mol. The van der Waals surface area contributed by atoms with Gasteiger partial charge in [0.1, 0.15) is 5.75 Å². The Morgan fingerprint density at radius 3 is 2.62 bits per heavy atom. The molecule has 3 nitrogen and oxygen atoms in total. The van der Waals surface area contributed by atoms with Crippen molar-refractivity contribution in [3.8, 4) is 11.8 Å². The summed E-state index contributed by atoms with van der Waals surface area (Å²) in [6.45, 7) is 5.84. The van der Waals surface area contributed by atoms with Crippen LogP contribution in [0.25, 0.3) is 0 Å². The molecule has 0 heterocycles. The maximum atomic E-state index is 9.51. The summed E-state index contributed by atoms with van der Waals surface area (Å²) in [4.78, 5) is 0. The molecule has 1 rings (SSSR count). The number of rotatable bonds is 4. The third-order valence-electron chi connectivity index (χ3n) is 2.30. The molecule has 3 heteroatoms. The molecule has 0 atom stereocenters. The van der Waals surface area contributed by atoms with Crippen molar-refractivity contribution in [3.05, 3.63) is 29.3 Å². The van der Waals surface area contributed by atoms with Gasteiger partial charge in [-0.3, -0.25) is 0 Å². The van der Waals surface area contributed by atoms with Crippen LogP contribution in [0.15, 0.2) is 18.2 Å². The zero-order valence-electron chi connectivity index (χ0n) is 9.95. The van der Waals surface area contributed by atoms with E-state index in [2.05, 4.69) is 6.07 Å². The lowest BCUT2D eigenvalue weighted by Crippen LogP contribution is -2.21. The van der Waals surface area contributed by atoms with Crippen molar-refractivity contribution in [1.82, 2.24) is 0 Å². The summed E-state index contributed by atoms with van der Waals surface area (Å²) in [6.07, 6.45) is 0.575. The molecule has 0 spiro atoms. The summed E-state index contributed by atoms with van der Waals surface area (Å²) in [5.41, 5.74) is 0.861. The molecule has 0 fully saturated rings. The smallest absolute Gasteiger partial charge is 0.119 e. The Kier molecular flexibility index (Phi) is 3.92. The van der Waals surface area contributed by atoms with Crippen molar-refractivity contribution in [2.75, 3.05) is 6.61 Å². The average molecular weight is 219 g/mol. The molecular formula is C13H17NO2. The van der Waals surface area contributed by atoms with E-state index in [1.165, 1.54) is 0 Å². The van der Waals surface area contributed by atoms with Crippen molar-refractivity contribution in [1.29, 1.82) is 5.26 Å². The predicted molar refractivity (Wildman–Crippen MR) is 62.3 cm³/mol. The van der Waals surface area contributed by atoms with E-state index in [-0.39, 0.29) is 0 Å². The van der Waals surface area contributed by atoms with Crippen LogP contribution in [0.2, 0.25) is 0 Å². The van der Waals surface area contributed by atoms with Crippen LogP contribution in [0.3, 0.4) is 0 Å². The van der Waals surface area contributed by atoms with Crippen LogP contribution in [0, 0.1) is 18.3 Å². The van der Waals surface area contributed by atoms with Crippen molar-refractivity contribution in [3.63, 3.8) is 0 Å². The molecule has 0 aliphatic heterocycles. The van der Waals surface area contributed by atoms with Crippen LogP contribution in [0.4, 0.5) is 0 Å². The molecule has 1 N–H and O–H groups in total. The number of nitrogens with zero attached hydrogens (tertiary/aromatic N) is 1. The Balaban J connectivity index is 2.57. The second-order valence-corrected chi connectivity index (χ2v) is 4.50. The van der Waals surface area contributed by atoms with E-state index >= 15 is 0 Å². The molecule has 0 radical (unpaired) electrons. The van der Waals surface area contributed by atoms with Crippen LogP contribution in [-0.4, -0.2) is 17.3 Å². The second kappa shape index (κ2) is 5.00. The number of aliphatic hydroxyl groups is 1. The number of ether oxygens (including phenoxy) is 1. The minimum Gasteiger partial charge on any atom is -0.493 e. The van der Waals surface area contributed by atoms with Crippen LogP contribution in [0.5, 0.6) is 5.75 Å². The molecule has 16 heavy (non-hydrogen) atoms. The van der Waals surface area contributed by atoms with Crippen LogP contribution in [-0.2, 0) is 0 Å². The molecule has 0 saturated heterocycles. The van der Waals surface area contributed by atoms with E-state index in [1.54, 1.807) is 26.0 Å². The number of nitriles is 1. The minimum atomic E-state index is -0.707. The highest BCUT2D eigenvalue weighted by molar-refractivity contribution is 5.41. The lowest BCUT2D eigenvalue weighted by Gasteiger charge is -2.17. The SMILES string of the molecule is Cc1cc(OCCC(C)(C)O)ccc1C#N. The van der Waals surface area contributed by atoms with Gasteiger partial charge in [0, 0.05) is 6.42 Å². The van der Waals surface area contributed by atoms with E-state index in [9.17, 15) is 5.11 Å². The summed E-state index contributed by atoms with van der Waals surface area (Å²) in [7, 11) is 0. The van der Waals surface area contributed by atoms with Crippen LogP contribution >= 0.6 is 0 Å². The van der Waals surface area contributed by atoms with Gasteiger partial charge < -0.3 is 9.84 Å². The quantitative estimate of drug-likeness (QED) is 0.846. The van der Waals surface area contributed by atoms with Gasteiger partial charge >= 0.3 is 0 Å². The first-order chi connectivity index (χ1) is 7.42. The highest BCUT2D eigenvalue weighted by atomic mass is 16.5. The van der Waals surface area contributed by atoms with E-state index in [4.69, 9.17) is 10.00 Å². The van der Waals surface area contributed by atoms with Gasteiger partial charge in [-0.15, -0.1) is 0 Å². The highest BCUT2D eigenvalue weighted by Gasteiger charge is 2.12. The third kappa shape index (κ3) is 3.92. The standard InChI is InChI=1S/C13H17NO2/c1-10-8-12(5-4-11(10)9-14)16-7-6-13(2,3)15/h4-5,8,15H,6-7H2,1-3H3. The fraction of sp³-hybridized carbons (Fsp3) is 0.462. The van der Waals surface area contributed by atoms with Gasteiger partial charge in [0.15, 0.2) is 0 Å². The first-order valence-electron chi connectivity index (χ1n) is 5.28. The van der Waals surface area contributed by atoms with Gasteiger partial charge in [-0.1, -0.05) is 0 Å². The maximum absolute atomic E-state index is 9.51. The van der Waals surface area contributed by atoms with Crippen LogP contribution < -0.4 is 4.74 Å². The molecule has 0 aliphatic rings. The summed E-state index contributed by atoms with van der Waals surface area (Å²) in [5.74, 6) is 0.737. The Bertz CT molecular complexity index is 399. The zero-order valence-corrected chi connectivity index (χ0v) is 9.95. The van der Waals surface area contributed by atoms with Crippen molar-refractivity contribution in [2.45, 2.75) is 32.8 Å². The van der Waals surface area contributed by atoms with Gasteiger partial charge in [-0.2, -0.15) is 5.26 Å². The van der Waals surface area contributed by atoms with E-state index in [0.29, 0.717) is 18.6 Å². The second-order valence-electron chi connectivity index (χ2n) is 4.50. The molecule has 86 valence electrons. The number of hydrogen-bond donors (Lipinski definition) is 1. The van der Waals surface area contributed by atoms with E-state index in [0.717, 1.165) is 11.3 Å². The molecule has 0 aromatic heterocycles. The molecule has 0 amide bonds. The van der Waals surface area contributed by atoms with Gasteiger partial charge in [-0.25, -0.2) is 0 Å². The highest BCUT2D eigenvalue weighted by Crippen LogP contribution is 2.17. The molecule has 1 aromatic rings. The van der Waals surface area contributed by atoms with Gasteiger partial charge in [-0.05, 0) is 44.5 Å². The molecule has 0 saturated carbocycles. The van der Waals surface area contributed by atoms with Crippen molar-refractivity contribution >= 4 is 0 Å². The van der Waals surface area contributed by atoms with E-state index < -0.39 is 5.60 Å². The zero-order chi connectivity index (χ0) is 12.2. The fourth-order valence-electron chi connectivity index (χ4n) is 1.27. The minimum absolute atomic E-state index is 0.467. The third-order valence-corrected chi connectivity index (χ3v) is 2.30. The molecule has 0 bridgehead atoms. The molecule has 0 aliphatic carbocycles. The summed E-state index contributed by atoms with van der Waals surface area (Å²) < 4.78 is 5.49. The van der Waals surface area contributed by atoms with Crippen molar-refractivity contribution in [2.24, 2.45) is 0 Å². The lowest BCUT2D eigenvalue weighted by atomic mass is 10.1. The topological polar surface area (TPSA) is 53.2 Å². The fourth-order valence-corrected chi connectivity index (χ4v) is 1.27. The van der Waals surface area contributed by atoms with Crippen LogP contribution in [0.1, 0.15) is 31.4 Å². The predicted octanol–water partition coefficient (Wildman–Crippen LogP) is 2.41. The largest absolute Gasteiger partial charge is 0.493 e. The lowest BCUT2D eigenvalue weighted by molar-refractivity contribution is 0.0553. The Hall–Kier alpha value is -1.53. The van der Waals surface area contributed by atoms with Gasteiger partial charge in [0.25, 0.3) is 0 Å². The van der Waals surface area contributed by atoms with Crippen molar-refractivity contribution < 1.29 is 9.84 Å². The van der Waals surface area contributed by atoms with E-state index in [1.807, 2.05) is 13.0 Å². The molecule has 1 aromatic carbocycles. The Morgan fingerprint density at radius 2 is 2.12 bits per heavy atom. The van der Waals surface area contributed by atoms with Gasteiger partial charge in [0.2, 0.25) is 0 Å². The summed E-state index contributed by atoms with van der Waals surface area (Å²) in [5, 5.41) is 18.3. The average Bonchev–Trinajstić information content (AvgIpc) is 2.16. The summed E-state index contributed by atoms with van der Waals surface area (Å²) >= 11 is 0. The Morgan fingerprint density at radius 1 is 1.44 bits per heavy atom. The number of benzene rings is 1. The number of hydrogen-bond acceptors (Lipinski definition) is 3. The summed E-state index contributed by atoms with van der Waals surface area (Å²) in [6, 6.07) is 7.46. The molecule has 0 unspecified atom stereocenters. The normalized spacial score (nSPS) is 10.9.